The molecule has 0 N–H and O–H groups in total. The van der Waals surface area contributed by atoms with Crippen molar-refractivity contribution in [3.8, 4) is 0 Å². The van der Waals surface area contributed by atoms with E-state index in [1.807, 2.05) is 0 Å². The molecular weight excluding hydrogens is 244 g/mol. The first kappa shape index (κ1) is 19.2. The Hall–Kier alpha value is 0.217. The Labute approximate surface area is 126 Å². The van der Waals surface area contributed by atoms with Gasteiger partial charge in [0.15, 0.2) is 0 Å². The zero-order valence-corrected chi connectivity index (χ0v) is 14.5. The first-order valence-electron chi connectivity index (χ1n) is 9.06. The predicted octanol–water partition coefficient (Wildman–Crippen LogP) is 6.83. The molecule has 0 rings (SSSR count). The maximum absolute atomic E-state index is 3.53. The molecule has 0 nitrogen and oxygen atoms in total. The molecule has 0 aliphatic rings. The molecule has 113 valence electrons. The number of rotatable bonds is 16. The van der Waals surface area contributed by atoms with Gasteiger partial charge in [-0.1, -0.05) is 116 Å². The van der Waals surface area contributed by atoms with E-state index in [1.165, 1.54) is 109 Å². The molecule has 0 fully saturated rings. The zero-order chi connectivity index (χ0) is 14.0. The number of hydrogen-bond acceptors (Lipinski definition) is 0. The molecule has 0 aliphatic heterocycles. The zero-order valence-electron chi connectivity index (χ0n) is 13.5. The van der Waals surface area contributed by atoms with Crippen molar-refractivity contribution in [2.45, 2.75) is 116 Å². The summed E-state index contributed by atoms with van der Waals surface area (Å²) < 4.78 is 0. The van der Waals surface area contributed by atoms with Crippen LogP contribution in [0.4, 0.5) is 0 Å². The first-order valence-corrected chi connectivity index (χ1v) is 9.77. The maximum Gasteiger partial charge on any atom is 0.0222 e. The molecule has 0 saturated carbocycles. The average Bonchev–Trinajstić information content (AvgIpc) is 2.43. The van der Waals surface area contributed by atoms with E-state index in [4.69, 9.17) is 0 Å². The average molecular weight is 282 g/mol. The van der Waals surface area contributed by atoms with Gasteiger partial charge in [-0.25, -0.2) is 0 Å². The van der Waals surface area contributed by atoms with Crippen LogP contribution in [-0.4, -0.2) is 10.2 Å². The normalized spacial score (nSPS) is 11.1. The first-order chi connectivity index (χ1) is 9.41. The van der Waals surface area contributed by atoms with Gasteiger partial charge >= 0.3 is 0 Å². The van der Waals surface area contributed by atoms with Crippen molar-refractivity contribution in [1.29, 1.82) is 0 Å². The van der Waals surface area contributed by atoms with Crippen molar-refractivity contribution in [3.05, 3.63) is 0 Å². The van der Waals surface area contributed by atoms with Gasteiger partial charge in [-0.15, -0.1) is 0 Å². The molecule has 1 heteroatoms. The molecule has 3 radical (unpaired) electrons. The molecule has 0 spiro atoms. The van der Waals surface area contributed by atoms with E-state index in [-0.39, 0.29) is 0 Å². The van der Waals surface area contributed by atoms with Gasteiger partial charge in [0.25, 0.3) is 0 Å². The Morgan fingerprint density at radius 3 is 0.947 bits per heavy atom. The second-order valence-electron chi connectivity index (χ2n) is 6.05. The predicted molar refractivity (Wildman–Crippen MR) is 90.1 cm³/mol. The van der Waals surface area contributed by atoms with Gasteiger partial charge in [0, 0.05) is 10.2 Å². The van der Waals surface area contributed by atoms with E-state index in [2.05, 4.69) is 17.2 Å². The lowest BCUT2D eigenvalue weighted by molar-refractivity contribution is 0.531. The van der Waals surface area contributed by atoms with E-state index < -0.39 is 0 Å². The summed E-state index contributed by atoms with van der Waals surface area (Å²) in [6.45, 7) is 2.29. The molecule has 0 aromatic rings. The van der Waals surface area contributed by atoms with Crippen LogP contribution in [0.2, 0.25) is 6.04 Å². The molecular formula is C18H37Si. The van der Waals surface area contributed by atoms with Gasteiger partial charge in [0.2, 0.25) is 0 Å². The maximum atomic E-state index is 3.53. The second-order valence-corrected chi connectivity index (χ2v) is 6.55. The van der Waals surface area contributed by atoms with E-state index in [9.17, 15) is 0 Å². The van der Waals surface area contributed by atoms with Crippen LogP contribution >= 0.6 is 0 Å². The van der Waals surface area contributed by atoms with Crippen LogP contribution in [0.1, 0.15) is 110 Å². The lowest BCUT2D eigenvalue weighted by Gasteiger charge is -2.03. The summed E-state index contributed by atoms with van der Waals surface area (Å²) in [6.07, 6.45) is 23.3. The third kappa shape index (κ3) is 18.2. The summed E-state index contributed by atoms with van der Waals surface area (Å²) in [5.41, 5.74) is 0. The summed E-state index contributed by atoms with van der Waals surface area (Å²) in [5.74, 6) is 0. The van der Waals surface area contributed by atoms with Crippen LogP contribution in [0.15, 0.2) is 0 Å². The third-order valence-corrected chi connectivity index (χ3v) is 4.38. The van der Waals surface area contributed by atoms with Crippen molar-refractivity contribution < 1.29 is 0 Å². The van der Waals surface area contributed by atoms with Crippen LogP contribution in [0.3, 0.4) is 0 Å². The highest BCUT2D eigenvalue weighted by Crippen LogP contribution is 2.13. The molecule has 0 aliphatic carbocycles. The Morgan fingerprint density at radius 2 is 0.684 bits per heavy atom. The molecule has 0 saturated heterocycles. The third-order valence-electron chi connectivity index (χ3n) is 4.03. The second kappa shape index (κ2) is 18.2. The van der Waals surface area contributed by atoms with Gasteiger partial charge in [-0.2, -0.15) is 0 Å². The molecule has 19 heavy (non-hydrogen) atoms. The molecule has 0 bridgehead atoms. The van der Waals surface area contributed by atoms with Crippen LogP contribution < -0.4 is 0 Å². The summed E-state index contributed by atoms with van der Waals surface area (Å²) in [4.78, 5) is 0. The lowest BCUT2D eigenvalue weighted by Crippen LogP contribution is -1.83. The Balaban J connectivity index is 2.88. The Morgan fingerprint density at radius 1 is 0.421 bits per heavy atom. The molecule has 0 unspecified atom stereocenters. The summed E-state index contributed by atoms with van der Waals surface area (Å²) in [6, 6.07) is 1.18. The monoisotopic (exact) mass is 281 g/mol. The number of hydrogen-bond donors (Lipinski definition) is 0. The van der Waals surface area contributed by atoms with E-state index in [0.29, 0.717) is 0 Å². The van der Waals surface area contributed by atoms with Crippen LogP contribution in [0.5, 0.6) is 0 Å². The van der Waals surface area contributed by atoms with Crippen LogP contribution in [0.25, 0.3) is 0 Å². The lowest BCUT2D eigenvalue weighted by atomic mass is 10.0. The molecule has 0 amide bonds. The molecule has 0 heterocycles. The smallest absolute Gasteiger partial charge is 0.0222 e. The highest BCUT2D eigenvalue weighted by atomic mass is 28.1. The van der Waals surface area contributed by atoms with Gasteiger partial charge in [0.1, 0.15) is 0 Å². The van der Waals surface area contributed by atoms with Crippen LogP contribution in [-0.2, 0) is 0 Å². The van der Waals surface area contributed by atoms with E-state index in [1.54, 1.807) is 0 Å². The fraction of sp³-hybridized carbons (Fsp3) is 1.00. The molecule has 0 aromatic carbocycles. The van der Waals surface area contributed by atoms with Gasteiger partial charge < -0.3 is 0 Å². The topological polar surface area (TPSA) is 0 Å². The standard InChI is InChI=1S/C18H37Si/c1-2-3-4-5-6-7-8-9-10-11-12-13-14-15-16-17-18-19/h2-18H2,1H3. The van der Waals surface area contributed by atoms with Crippen molar-refractivity contribution in [3.63, 3.8) is 0 Å². The van der Waals surface area contributed by atoms with Crippen molar-refractivity contribution >= 4 is 10.2 Å². The summed E-state index contributed by atoms with van der Waals surface area (Å²) >= 11 is 0. The fourth-order valence-electron chi connectivity index (χ4n) is 2.67. The minimum absolute atomic E-state index is 1.18. The van der Waals surface area contributed by atoms with Gasteiger partial charge in [-0.3, -0.25) is 0 Å². The SMILES string of the molecule is CCCCCCCCCCCCCCCCCC[Si]. The summed E-state index contributed by atoms with van der Waals surface area (Å²) in [5, 5.41) is 0. The van der Waals surface area contributed by atoms with Gasteiger partial charge in [-0.05, 0) is 0 Å². The van der Waals surface area contributed by atoms with Gasteiger partial charge in [0.05, 0.1) is 0 Å². The fourth-order valence-corrected chi connectivity index (χ4v) is 2.92. The highest BCUT2D eigenvalue weighted by molar-refractivity contribution is 6.08. The van der Waals surface area contributed by atoms with Crippen molar-refractivity contribution in [2.75, 3.05) is 0 Å². The summed E-state index contributed by atoms with van der Waals surface area (Å²) in [7, 11) is 3.53. The van der Waals surface area contributed by atoms with E-state index in [0.717, 1.165) is 0 Å². The highest BCUT2D eigenvalue weighted by Gasteiger charge is 1.94. The molecule has 0 aromatic heterocycles. The molecule has 0 atom stereocenters. The Bertz CT molecular complexity index is 129. The largest absolute Gasteiger partial charge is 0.0654 e. The van der Waals surface area contributed by atoms with Crippen molar-refractivity contribution in [1.82, 2.24) is 0 Å². The van der Waals surface area contributed by atoms with E-state index >= 15 is 0 Å². The Kier molecular flexibility index (Phi) is 18.4. The minimum Gasteiger partial charge on any atom is -0.0654 e. The quantitative estimate of drug-likeness (QED) is 0.215. The van der Waals surface area contributed by atoms with Crippen molar-refractivity contribution in [2.24, 2.45) is 0 Å². The minimum atomic E-state index is 1.18. The van der Waals surface area contributed by atoms with Crippen LogP contribution in [0, 0.1) is 0 Å². The number of unbranched alkanes of at least 4 members (excludes halogenated alkanes) is 15.